The van der Waals surface area contributed by atoms with E-state index in [-0.39, 0.29) is 23.5 Å². The van der Waals surface area contributed by atoms with Gasteiger partial charge in [-0.15, -0.1) is 10.2 Å². The number of Topliss-reactive ketones (excluding diaryl/α,β-unsaturated/α-hetero) is 1. The van der Waals surface area contributed by atoms with Crippen molar-refractivity contribution in [2.24, 2.45) is 0 Å². The number of amides is 1. The summed E-state index contributed by atoms with van der Waals surface area (Å²) in [6, 6.07) is 12.8. The molecule has 9 heteroatoms. The molecule has 0 bridgehead atoms. The van der Waals surface area contributed by atoms with Gasteiger partial charge in [-0.2, -0.15) is 0 Å². The van der Waals surface area contributed by atoms with E-state index in [0.29, 0.717) is 28.7 Å². The zero-order chi connectivity index (χ0) is 22.1. The van der Waals surface area contributed by atoms with Gasteiger partial charge in [0.2, 0.25) is 5.91 Å². The smallest absolute Gasteiger partial charge is 0.228 e. The van der Waals surface area contributed by atoms with Crippen LogP contribution in [0.5, 0.6) is 0 Å². The zero-order valence-corrected chi connectivity index (χ0v) is 18.8. The second-order valence-corrected chi connectivity index (χ2v) is 9.25. The number of hydrogen-bond donors (Lipinski definition) is 1. The average molecular weight is 469 g/mol. The molecule has 0 saturated carbocycles. The molecule has 5 rings (SSSR count). The third-order valence-corrected chi connectivity index (χ3v) is 6.83. The fraction of sp³-hybridized carbons (Fsp3) is 0.304. The van der Waals surface area contributed by atoms with E-state index in [1.165, 1.54) is 11.8 Å². The Morgan fingerprint density at radius 1 is 1.22 bits per heavy atom. The Labute approximate surface area is 194 Å². The van der Waals surface area contributed by atoms with Crippen molar-refractivity contribution in [3.8, 4) is 11.4 Å². The molecule has 3 aromatic rings. The quantitative estimate of drug-likeness (QED) is 0.412. The number of anilines is 1. The average Bonchev–Trinajstić information content (AvgIpc) is 3.52. The van der Waals surface area contributed by atoms with E-state index in [0.717, 1.165) is 42.1 Å². The van der Waals surface area contributed by atoms with Crippen LogP contribution in [0.2, 0.25) is 5.02 Å². The topological polar surface area (TPSA) is 86.1 Å². The van der Waals surface area contributed by atoms with Crippen LogP contribution in [0.25, 0.3) is 11.4 Å². The molecule has 164 valence electrons. The highest BCUT2D eigenvalue weighted by Gasteiger charge is 2.23. The summed E-state index contributed by atoms with van der Waals surface area (Å²) in [5, 5.41) is 12.9. The lowest BCUT2D eigenvalue weighted by Crippen LogP contribution is -2.17. The first-order valence-corrected chi connectivity index (χ1v) is 11.8. The van der Waals surface area contributed by atoms with E-state index >= 15 is 0 Å². The number of halogens is 1. The number of carbonyl (C=O) groups is 2. The molecule has 0 radical (unpaired) electrons. The van der Waals surface area contributed by atoms with E-state index in [1.54, 1.807) is 18.2 Å². The van der Waals surface area contributed by atoms with E-state index in [1.807, 2.05) is 28.8 Å². The van der Waals surface area contributed by atoms with Gasteiger partial charge in [0, 0.05) is 28.4 Å². The fourth-order valence-electron chi connectivity index (χ4n) is 3.98. The van der Waals surface area contributed by atoms with Crippen LogP contribution in [0.3, 0.4) is 0 Å². The number of benzene rings is 2. The molecule has 1 amide bonds. The highest BCUT2D eigenvalue weighted by atomic mass is 35.5. The second-order valence-electron chi connectivity index (χ2n) is 7.87. The van der Waals surface area contributed by atoms with Gasteiger partial charge in [0.1, 0.15) is 0 Å². The molecule has 1 fully saturated rings. The molecule has 0 unspecified atom stereocenters. The van der Waals surface area contributed by atoms with E-state index in [4.69, 9.17) is 16.3 Å². The molecule has 7 nitrogen and oxygen atoms in total. The van der Waals surface area contributed by atoms with Gasteiger partial charge in [-0.3, -0.25) is 14.2 Å². The van der Waals surface area contributed by atoms with Gasteiger partial charge in [-0.1, -0.05) is 23.4 Å². The summed E-state index contributed by atoms with van der Waals surface area (Å²) in [7, 11) is 0. The zero-order valence-electron chi connectivity index (χ0n) is 17.2. The van der Waals surface area contributed by atoms with Crippen LogP contribution in [-0.4, -0.2) is 44.9 Å². The number of aromatic nitrogens is 3. The highest BCUT2D eigenvalue weighted by molar-refractivity contribution is 7.99. The Morgan fingerprint density at radius 2 is 2.06 bits per heavy atom. The lowest BCUT2D eigenvalue weighted by atomic mass is 10.1. The summed E-state index contributed by atoms with van der Waals surface area (Å²) < 4.78 is 7.86. The predicted molar refractivity (Wildman–Crippen MR) is 123 cm³/mol. The van der Waals surface area contributed by atoms with Crippen LogP contribution in [0.1, 0.15) is 28.8 Å². The number of hydrogen-bond acceptors (Lipinski definition) is 6. The van der Waals surface area contributed by atoms with Gasteiger partial charge in [0.25, 0.3) is 0 Å². The minimum absolute atomic E-state index is 0.0168. The molecular formula is C23H21ClN4O3S. The van der Waals surface area contributed by atoms with E-state index in [9.17, 15) is 9.59 Å². The lowest BCUT2D eigenvalue weighted by molar-refractivity contribution is -0.115. The van der Waals surface area contributed by atoms with Crippen molar-refractivity contribution in [3.05, 3.63) is 58.6 Å². The van der Waals surface area contributed by atoms with E-state index in [2.05, 4.69) is 15.5 Å². The first-order chi connectivity index (χ1) is 15.6. The number of thioether (sulfide) groups is 1. The standard InChI is InChI=1S/C23H21ClN4O3S/c24-17-6-3-14(4-7-17)22-26-27-23(28(22)12-18-2-1-9-31-18)32-13-20(29)15-5-8-19-16(10-15)11-21(30)25-19/h3-8,10,18H,1-2,9,11-13H2,(H,25,30)/t18-/m1/s1. The fourth-order valence-corrected chi connectivity index (χ4v) is 4.95. The molecular weight excluding hydrogens is 448 g/mol. The van der Waals surface area contributed by atoms with Crippen molar-refractivity contribution in [1.29, 1.82) is 0 Å². The second kappa shape index (κ2) is 9.05. The summed E-state index contributed by atoms with van der Waals surface area (Å²) in [6.07, 6.45) is 2.45. The van der Waals surface area contributed by atoms with Gasteiger partial charge >= 0.3 is 0 Å². The summed E-state index contributed by atoms with van der Waals surface area (Å²) in [6.45, 7) is 1.40. The predicted octanol–water partition coefficient (Wildman–Crippen LogP) is 4.25. The summed E-state index contributed by atoms with van der Waals surface area (Å²) >= 11 is 7.40. The Bertz CT molecular complexity index is 1170. The summed E-state index contributed by atoms with van der Waals surface area (Å²) in [5.74, 6) is 0.895. The molecule has 2 aliphatic rings. The number of carbonyl (C=O) groups excluding carboxylic acids is 2. The van der Waals surface area contributed by atoms with Crippen LogP contribution in [0, 0.1) is 0 Å². The molecule has 0 aliphatic carbocycles. The Hall–Kier alpha value is -2.68. The van der Waals surface area contributed by atoms with Crippen molar-refractivity contribution in [1.82, 2.24) is 14.8 Å². The van der Waals surface area contributed by atoms with Crippen LogP contribution in [-0.2, 0) is 22.5 Å². The third-order valence-electron chi connectivity index (χ3n) is 5.61. The molecule has 0 spiro atoms. The molecule has 3 heterocycles. The Kier molecular flexibility index (Phi) is 5.99. The third kappa shape index (κ3) is 4.44. The molecule has 2 aromatic carbocycles. The molecule has 1 N–H and O–H groups in total. The maximum absolute atomic E-state index is 12.8. The van der Waals surface area contributed by atoms with Crippen molar-refractivity contribution in [2.75, 3.05) is 17.7 Å². The number of ketones is 1. The maximum atomic E-state index is 12.8. The number of nitrogens with one attached hydrogen (secondary N) is 1. The van der Waals surface area contributed by atoms with Crippen molar-refractivity contribution >= 4 is 40.7 Å². The van der Waals surface area contributed by atoms with Gasteiger partial charge in [0.05, 0.1) is 24.8 Å². The van der Waals surface area contributed by atoms with Gasteiger partial charge in [-0.25, -0.2) is 0 Å². The summed E-state index contributed by atoms with van der Waals surface area (Å²) in [5.41, 5.74) is 3.14. The minimum Gasteiger partial charge on any atom is -0.376 e. The van der Waals surface area contributed by atoms with Crippen LogP contribution in [0.15, 0.2) is 47.6 Å². The molecule has 1 saturated heterocycles. The van der Waals surface area contributed by atoms with Crippen LogP contribution >= 0.6 is 23.4 Å². The van der Waals surface area contributed by atoms with Crippen molar-refractivity contribution in [2.45, 2.75) is 37.1 Å². The van der Waals surface area contributed by atoms with Crippen molar-refractivity contribution in [3.63, 3.8) is 0 Å². The SMILES string of the molecule is O=C1Cc2cc(C(=O)CSc3nnc(-c4ccc(Cl)cc4)n3C[C@H]3CCCO3)ccc2N1. The van der Waals surface area contributed by atoms with Crippen molar-refractivity contribution < 1.29 is 14.3 Å². The van der Waals surface area contributed by atoms with Gasteiger partial charge in [-0.05, 0) is 60.9 Å². The molecule has 1 atom stereocenters. The maximum Gasteiger partial charge on any atom is 0.228 e. The monoisotopic (exact) mass is 468 g/mol. The first kappa shape index (κ1) is 21.2. The summed E-state index contributed by atoms with van der Waals surface area (Å²) in [4.78, 5) is 24.4. The van der Waals surface area contributed by atoms with Gasteiger partial charge in [0.15, 0.2) is 16.8 Å². The van der Waals surface area contributed by atoms with Crippen LogP contribution < -0.4 is 5.32 Å². The van der Waals surface area contributed by atoms with Crippen LogP contribution in [0.4, 0.5) is 5.69 Å². The molecule has 1 aromatic heterocycles. The normalized spacial score (nSPS) is 17.4. The highest BCUT2D eigenvalue weighted by Crippen LogP contribution is 2.29. The molecule has 2 aliphatic heterocycles. The number of ether oxygens (including phenoxy) is 1. The largest absolute Gasteiger partial charge is 0.376 e. The Morgan fingerprint density at radius 3 is 2.84 bits per heavy atom. The first-order valence-electron chi connectivity index (χ1n) is 10.5. The number of fused-ring (bicyclic) bond motifs is 1. The van der Waals surface area contributed by atoms with E-state index < -0.39 is 0 Å². The minimum atomic E-state index is -0.0454. The number of rotatable bonds is 7. The number of nitrogens with zero attached hydrogens (tertiary/aromatic N) is 3. The Balaban J connectivity index is 1.36. The lowest BCUT2D eigenvalue weighted by Gasteiger charge is -2.14. The molecule has 32 heavy (non-hydrogen) atoms. The van der Waals surface area contributed by atoms with Gasteiger partial charge < -0.3 is 10.1 Å².